The number of aromatic nitrogens is 1. The minimum Gasteiger partial charge on any atom is -0.473 e. The number of carbonyl (C=O) groups is 2. The molecule has 1 aromatic rings. The molecular weight excluding hydrogens is 314 g/mol. The fraction of sp³-hybridized carbons (Fsp3) is 0.500. The van der Waals surface area contributed by atoms with E-state index < -0.39 is 29.8 Å². The molecule has 130 valence electrons. The highest BCUT2D eigenvalue weighted by Gasteiger charge is 2.35. The largest absolute Gasteiger partial charge is 0.473 e. The Balaban J connectivity index is 2.01. The molecule has 2 heterocycles. The minimum absolute atomic E-state index is 0.272. The normalized spacial score (nSPS) is 19.5. The standard InChI is InChI=1S/C16H21N3O5/c1-5-22-14(20)12-13(23-9-18-12)10-6-7-11(17-8-10)19-15(21)24-16(2,3)4/h6-9,12-13H,5H2,1-4H3,(H,17,19,21)/t12-,13-/m1/s1. The summed E-state index contributed by atoms with van der Waals surface area (Å²) in [6, 6.07) is 2.55. The molecule has 2 atom stereocenters. The molecule has 0 unspecified atom stereocenters. The highest BCUT2D eigenvalue weighted by molar-refractivity contribution is 5.83. The van der Waals surface area contributed by atoms with E-state index in [4.69, 9.17) is 14.2 Å². The van der Waals surface area contributed by atoms with Crippen molar-refractivity contribution < 1.29 is 23.8 Å². The average molecular weight is 335 g/mol. The van der Waals surface area contributed by atoms with E-state index in [9.17, 15) is 9.59 Å². The second-order valence-corrected chi connectivity index (χ2v) is 6.11. The predicted octanol–water partition coefficient (Wildman–Crippen LogP) is 2.46. The zero-order valence-electron chi connectivity index (χ0n) is 14.1. The van der Waals surface area contributed by atoms with Gasteiger partial charge in [-0.25, -0.2) is 19.6 Å². The Morgan fingerprint density at radius 2 is 2.08 bits per heavy atom. The van der Waals surface area contributed by atoms with Crippen molar-refractivity contribution in [2.75, 3.05) is 11.9 Å². The maximum Gasteiger partial charge on any atom is 0.413 e. The van der Waals surface area contributed by atoms with Crippen molar-refractivity contribution in [2.24, 2.45) is 4.99 Å². The van der Waals surface area contributed by atoms with Crippen molar-refractivity contribution in [1.82, 2.24) is 4.98 Å². The van der Waals surface area contributed by atoms with Crippen LogP contribution >= 0.6 is 0 Å². The van der Waals surface area contributed by atoms with Gasteiger partial charge in [0.05, 0.1) is 6.61 Å². The number of amides is 1. The second kappa shape index (κ2) is 7.29. The summed E-state index contributed by atoms with van der Waals surface area (Å²) in [7, 11) is 0. The molecule has 0 aromatic carbocycles. The van der Waals surface area contributed by atoms with Crippen molar-refractivity contribution in [3.63, 3.8) is 0 Å². The van der Waals surface area contributed by atoms with Crippen LogP contribution in [0.4, 0.5) is 10.6 Å². The predicted molar refractivity (Wildman–Crippen MR) is 86.8 cm³/mol. The highest BCUT2D eigenvalue weighted by atomic mass is 16.6. The summed E-state index contributed by atoms with van der Waals surface area (Å²) in [4.78, 5) is 31.7. The van der Waals surface area contributed by atoms with E-state index in [2.05, 4.69) is 15.3 Å². The third-order valence-electron chi connectivity index (χ3n) is 2.99. The summed E-state index contributed by atoms with van der Waals surface area (Å²) >= 11 is 0. The fourth-order valence-corrected chi connectivity index (χ4v) is 2.05. The molecule has 1 N–H and O–H groups in total. The van der Waals surface area contributed by atoms with Crippen molar-refractivity contribution in [2.45, 2.75) is 45.4 Å². The Morgan fingerprint density at radius 3 is 2.67 bits per heavy atom. The van der Waals surface area contributed by atoms with Crippen molar-refractivity contribution in [3.05, 3.63) is 23.9 Å². The number of nitrogens with one attached hydrogen (secondary N) is 1. The molecule has 1 aliphatic rings. The summed E-state index contributed by atoms with van der Waals surface area (Å²) in [6.45, 7) is 7.32. The first-order chi connectivity index (χ1) is 11.3. The molecule has 2 rings (SSSR count). The third-order valence-corrected chi connectivity index (χ3v) is 2.99. The molecule has 0 aliphatic carbocycles. The van der Waals surface area contributed by atoms with Gasteiger partial charge >= 0.3 is 12.1 Å². The smallest absolute Gasteiger partial charge is 0.413 e. The van der Waals surface area contributed by atoms with Crippen LogP contribution in [0.15, 0.2) is 23.3 Å². The Morgan fingerprint density at radius 1 is 1.33 bits per heavy atom. The van der Waals surface area contributed by atoms with Crippen molar-refractivity contribution in [3.8, 4) is 0 Å². The highest BCUT2D eigenvalue weighted by Crippen LogP contribution is 2.28. The second-order valence-electron chi connectivity index (χ2n) is 6.11. The van der Waals surface area contributed by atoms with Crippen LogP contribution in [0.3, 0.4) is 0 Å². The molecule has 0 radical (unpaired) electrons. The Labute approximate surface area is 140 Å². The Kier molecular flexibility index (Phi) is 5.38. The van der Waals surface area contributed by atoms with Crippen LogP contribution in [0.2, 0.25) is 0 Å². The number of aliphatic imine (C=N–C) groups is 1. The Hall–Kier alpha value is -2.64. The van der Waals surface area contributed by atoms with Crippen LogP contribution in [0.1, 0.15) is 39.4 Å². The lowest BCUT2D eigenvalue weighted by Crippen LogP contribution is -2.28. The molecule has 8 nitrogen and oxygen atoms in total. The molecule has 0 spiro atoms. The summed E-state index contributed by atoms with van der Waals surface area (Å²) in [5.74, 6) is -0.119. The molecule has 0 fully saturated rings. The maximum absolute atomic E-state index is 11.9. The van der Waals surface area contributed by atoms with Gasteiger partial charge in [0.1, 0.15) is 11.4 Å². The quantitative estimate of drug-likeness (QED) is 0.849. The van der Waals surface area contributed by atoms with E-state index in [-0.39, 0.29) is 6.61 Å². The first kappa shape index (κ1) is 17.7. The first-order valence-electron chi connectivity index (χ1n) is 7.60. The van der Waals surface area contributed by atoms with Crippen LogP contribution in [-0.2, 0) is 19.0 Å². The number of nitrogens with zero attached hydrogens (tertiary/aromatic N) is 2. The zero-order valence-corrected chi connectivity index (χ0v) is 14.1. The van der Waals surface area contributed by atoms with Gasteiger partial charge in [0, 0.05) is 11.8 Å². The zero-order chi connectivity index (χ0) is 17.7. The van der Waals surface area contributed by atoms with Crippen molar-refractivity contribution in [1.29, 1.82) is 0 Å². The van der Waals surface area contributed by atoms with Crippen LogP contribution in [-0.4, -0.2) is 41.7 Å². The molecule has 8 heteroatoms. The number of pyridine rings is 1. The third kappa shape index (κ3) is 4.68. The number of rotatable bonds is 4. The maximum atomic E-state index is 11.9. The summed E-state index contributed by atoms with van der Waals surface area (Å²) in [6.07, 6.45) is 1.57. The molecular formula is C16H21N3O5. The van der Waals surface area contributed by atoms with Crippen LogP contribution in [0.5, 0.6) is 0 Å². The molecule has 0 saturated heterocycles. The van der Waals surface area contributed by atoms with E-state index in [1.54, 1.807) is 39.8 Å². The van der Waals surface area contributed by atoms with Gasteiger partial charge in [-0.2, -0.15) is 0 Å². The van der Waals surface area contributed by atoms with E-state index >= 15 is 0 Å². The van der Waals surface area contributed by atoms with Gasteiger partial charge in [-0.15, -0.1) is 0 Å². The number of hydrogen-bond acceptors (Lipinski definition) is 7. The lowest BCUT2D eigenvalue weighted by molar-refractivity contribution is -0.146. The van der Waals surface area contributed by atoms with Gasteiger partial charge in [-0.05, 0) is 33.8 Å². The number of esters is 1. The summed E-state index contributed by atoms with van der Waals surface area (Å²) in [5.41, 5.74) is 0.0617. The van der Waals surface area contributed by atoms with Gasteiger partial charge in [0.25, 0.3) is 0 Å². The minimum atomic E-state index is -0.753. The van der Waals surface area contributed by atoms with E-state index in [0.717, 1.165) is 0 Å². The molecule has 1 aliphatic heterocycles. The monoisotopic (exact) mass is 335 g/mol. The van der Waals surface area contributed by atoms with E-state index in [1.165, 1.54) is 12.6 Å². The van der Waals surface area contributed by atoms with Crippen molar-refractivity contribution >= 4 is 24.3 Å². The molecule has 24 heavy (non-hydrogen) atoms. The van der Waals surface area contributed by atoms with E-state index in [1.807, 2.05) is 0 Å². The van der Waals surface area contributed by atoms with Crippen LogP contribution < -0.4 is 5.32 Å². The van der Waals surface area contributed by atoms with Crippen LogP contribution in [0.25, 0.3) is 0 Å². The van der Waals surface area contributed by atoms with Crippen LogP contribution in [0, 0.1) is 0 Å². The number of hydrogen-bond donors (Lipinski definition) is 1. The van der Waals surface area contributed by atoms with E-state index in [0.29, 0.717) is 11.4 Å². The molecule has 0 bridgehead atoms. The number of anilines is 1. The SMILES string of the molecule is CCOC(=O)[C@@H]1N=CO[C@@H]1c1ccc(NC(=O)OC(C)(C)C)nc1. The summed E-state index contributed by atoms with van der Waals surface area (Å²) < 4.78 is 15.5. The number of carbonyl (C=O) groups excluding carboxylic acids is 2. The number of ether oxygens (including phenoxy) is 3. The molecule has 0 saturated carbocycles. The van der Waals surface area contributed by atoms with Gasteiger partial charge in [0.2, 0.25) is 0 Å². The van der Waals surface area contributed by atoms with Gasteiger partial charge in [-0.3, -0.25) is 5.32 Å². The summed E-state index contributed by atoms with van der Waals surface area (Å²) in [5, 5.41) is 2.53. The average Bonchev–Trinajstić information content (AvgIpc) is 2.95. The van der Waals surface area contributed by atoms with Gasteiger partial charge in [0.15, 0.2) is 18.5 Å². The topological polar surface area (TPSA) is 99.1 Å². The lowest BCUT2D eigenvalue weighted by Gasteiger charge is -2.19. The molecule has 1 aromatic heterocycles. The van der Waals surface area contributed by atoms with Gasteiger partial charge in [-0.1, -0.05) is 6.07 Å². The lowest BCUT2D eigenvalue weighted by atomic mass is 10.1. The molecule has 1 amide bonds. The fourth-order valence-electron chi connectivity index (χ4n) is 2.05. The first-order valence-corrected chi connectivity index (χ1v) is 7.60. The Bertz CT molecular complexity index is 622. The van der Waals surface area contributed by atoms with Gasteiger partial charge < -0.3 is 14.2 Å².